The monoisotopic (exact) mass is 296 g/mol. The molecule has 112 valence electrons. The molecule has 0 aromatic heterocycles. The van der Waals surface area contributed by atoms with Gasteiger partial charge in [-0.2, -0.15) is 4.31 Å². The number of sulfonamides is 1. The second kappa shape index (κ2) is 5.84. The number of hydrogen-bond acceptors (Lipinski definition) is 3. The summed E-state index contributed by atoms with van der Waals surface area (Å²) in [7, 11) is -1.48. The van der Waals surface area contributed by atoms with E-state index in [0.717, 1.165) is 23.1 Å². The average Bonchev–Trinajstić information content (AvgIpc) is 2.80. The Kier molecular flexibility index (Phi) is 4.52. The van der Waals surface area contributed by atoms with E-state index in [9.17, 15) is 8.42 Å². The summed E-state index contributed by atoms with van der Waals surface area (Å²) in [4.78, 5) is 0.461. The van der Waals surface area contributed by atoms with Crippen molar-refractivity contribution in [2.24, 2.45) is 5.92 Å². The van der Waals surface area contributed by atoms with Crippen molar-refractivity contribution in [2.75, 3.05) is 20.1 Å². The van der Waals surface area contributed by atoms with E-state index in [4.69, 9.17) is 0 Å². The molecule has 1 aliphatic heterocycles. The fourth-order valence-corrected chi connectivity index (χ4v) is 4.62. The molecule has 1 saturated heterocycles. The van der Waals surface area contributed by atoms with E-state index < -0.39 is 10.0 Å². The minimum atomic E-state index is -3.35. The second-order valence-electron chi connectivity index (χ2n) is 5.83. The first-order valence-electron chi connectivity index (χ1n) is 7.11. The topological polar surface area (TPSA) is 49.4 Å². The van der Waals surface area contributed by atoms with E-state index in [2.05, 4.69) is 12.2 Å². The summed E-state index contributed by atoms with van der Waals surface area (Å²) in [5.41, 5.74) is 3.01. The molecule has 1 fully saturated rings. The van der Waals surface area contributed by atoms with Crippen molar-refractivity contribution in [3.63, 3.8) is 0 Å². The van der Waals surface area contributed by atoms with E-state index in [-0.39, 0.29) is 0 Å². The van der Waals surface area contributed by atoms with Gasteiger partial charge in [-0.25, -0.2) is 8.42 Å². The van der Waals surface area contributed by atoms with E-state index in [0.29, 0.717) is 30.4 Å². The lowest BCUT2D eigenvalue weighted by Gasteiger charge is -2.19. The second-order valence-corrected chi connectivity index (χ2v) is 7.74. The minimum Gasteiger partial charge on any atom is -0.316 e. The molecule has 2 rings (SSSR count). The lowest BCUT2D eigenvalue weighted by molar-refractivity contribution is 0.464. The largest absolute Gasteiger partial charge is 0.316 e. The number of benzene rings is 1. The maximum absolute atomic E-state index is 12.8. The summed E-state index contributed by atoms with van der Waals surface area (Å²) < 4.78 is 27.2. The number of nitrogens with zero attached hydrogens (tertiary/aromatic N) is 1. The Balaban J connectivity index is 2.43. The van der Waals surface area contributed by atoms with E-state index in [1.54, 1.807) is 4.31 Å². The van der Waals surface area contributed by atoms with Gasteiger partial charge in [0.2, 0.25) is 10.0 Å². The molecule has 1 heterocycles. The third-order valence-electron chi connectivity index (χ3n) is 4.01. The molecule has 0 bridgehead atoms. The maximum atomic E-state index is 12.8. The van der Waals surface area contributed by atoms with Crippen molar-refractivity contribution in [2.45, 2.75) is 38.6 Å². The van der Waals surface area contributed by atoms with Gasteiger partial charge in [0.05, 0.1) is 4.90 Å². The van der Waals surface area contributed by atoms with Crippen LogP contribution in [0.1, 0.15) is 30.0 Å². The molecule has 1 unspecified atom stereocenters. The first-order chi connectivity index (χ1) is 9.36. The van der Waals surface area contributed by atoms with Crippen LogP contribution in [0.15, 0.2) is 17.0 Å². The van der Waals surface area contributed by atoms with E-state index in [1.807, 2.05) is 33.0 Å². The summed E-state index contributed by atoms with van der Waals surface area (Å²) >= 11 is 0. The Morgan fingerprint density at radius 2 is 2.00 bits per heavy atom. The highest BCUT2D eigenvalue weighted by Gasteiger charge is 2.31. The van der Waals surface area contributed by atoms with Crippen LogP contribution in [0.25, 0.3) is 0 Å². The van der Waals surface area contributed by atoms with Crippen LogP contribution in [0.4, 0.5) is 0 Å². The SMILES string of the molecule is CNCc1cc(S(=O)(=O)N2CCC(C)C2)c(C)cc1C. The first kappa shape index (κ1) is 15.5. The van der Waals surface area contributed by atoms with Crippen LogP contribution in [-0.4, -0.2) is 32.9 Å². The molecule has 0 saturated carbocycles. The Hall–Kier alpha value is -0.910. The molecular weight excluding hydrogens is 272 g/mol. The molecule has 1 aromatic carbocycles. The molecule has 20 heavy (non-hydrogen) atoms. The molecule has 1 aromatic rings. The number of rotatable bonds is 4. The molecule has 1 atom stereocenters. The van der Waals surface area contributed by atoms with Crippen LogP contribution >= 0.6 is 0 Å². The third-order valence-corrected chi connectivity index (χ3v) is 6.01. The van der Waals surface area contributed by atoms with Crippen molar-refractivity contribution in [3.05, 3.63) is 28.8 Å². The fourth-order valence-electron chi connectivity index (χ4n) is 2.79. The lowest BCUT2D eigenvalue weighted by Crippen LogP contribution is -2.29. The number of aryl methyl sites for hydroxylation is 2. The maximum Gasteiger partial charge on any atom is 0.243 e. The van der Waals surface area contributed by atoms with Crippen molar-refractivity contribution >= 4 is 10.0 Å². The van der Waals surface area contributed by atoms with Crippen molar-refractivity contribution < 1.29 is 8.42 Å². The Morgan fingerprint density at radius 3 is 2.55 bits per heavy atom. The predicted octanol–water partition coefficient (Wildman–Crippen LogP) is 2.05. The van der Waals surface area contributed by atoms with Gasteiger partial charge >= 0.3 is 0 Å². The van der Waals surface area contributed by atoms with Gasteiger partial charge in [0.15, 0.2) is 0 Å². The van der Waals surface area contributed by atoms with Gasteiger partial charge in [0.1, 0.15) is 0 Å². The highest BCUT2D eigenvalue weighted by molar-refractivity contribution is 7.89. The van der Waals surface area contributed by atoms with Crippen LogP contribution in [0, 0.1) is 19.8 Å². The zero-order valence-corrected chi connectivity index (χ0v) is 13.5. The van der Waals surface area contributed by atoms with Crippen molar-refractivity contribution in [1.82, 2.24) is 9.62 Å². The Bertz CT molecular complexity index is 596. The molecular formula is C15H24N2O2S. The summed E-state index contributed by atoms with van der Waals surface area (Å²) in [6.45, 7) is 7.96. The molecule has 1 N–H and O–H groups in total. The summed E-state index contributed by atoms with van der Waals surface area (Å²) in [5.74, 6) is 0.451. The van der Waals surface area contributed by atoms with Gasteiger partial charge in [-0.1, -0.05) is 13.0 Å². The molecule has 4 nitrogen and oxygen atoms in total. The van der Waals surface area contributed by atoms with Crippen LogP contribution < -0.4 is 5.32 Å². The number of hydrogen-bond donors (Lipinski definition) is 1. The van der Waals surface area contributed by atoms with Crippen LogP contribution in [0.2, 0.25) is 0 Å². The van der Waals surface area contributed by atoms with Gasteiger partial charge in [0, 0.05) is 19.6 Å². The third kappa shape index (κ3) is 2.90. The number of nitrogens with one attached hydrogen (secondary N) is 1. The highest BCUT2D eigenvalue weighted by atomic mass is 32.2. The van der Waals surface area contributed by atoms with Crippen LogP contribution in [0.3, 0.4) is 0 Å². The zero-order valence-electron chi connectivity index (χ0n) is 12.7. The molecule has 0 spiro atoms. The zero-order chi connectivity index (χ0) is 14.9. The average molecular weight is 296 g/mol. The summed E-state index contributed by atoms with van der Waals surface area (Å²) in [6, 6.07) is 3.80. The van der Waals surface area contributed by atoms with Crippen molar-refractivity contribution in [1.29, 1.82) is 0 Å². The van der Waals surface area contributed by atoms with Crippen LogP contribution in [0.5, 0.6) is 0 Å². The van der Waals surface area contributed by atoms with Gasteiger partial charge in [0.25, 0.3) is 0 Å². The molecule has 0 radical (unpaired) electrons. The van der Waals surface area contributed by atoms with Gasteiger partial charge in [-0.15, -0.1) is 0 Å². The lowest BCUT2D eigenvalue weighted by atomic mass is 10.1. The van der Waals surface area contributed by atoms with E-state index >= 15 is 0 Å². The smallest absolute Gasteiger partial charge is 0.243 e. The predicted molar refractivity (Wildman–Crippen MR) is 81.2 cm³/mol. The highest BCUT2D eigenvalue weighted by Crippen LogP contribution is 2.27. The van der Waals surface area contributed by atoms with Gasteiger partial charge in [-0.05, 0) is 56.0 Å². The summed E-state index contributed by atoms with van der Waals surface area (Å²) in [5, 5.41) is 3.09. The molecule has 5 heteroatoms. The first-order valence-corrected chi connectivity index (χ1v) is 8.55. The normalized spacial score (nSPS) is 20.5. The molecule has 0 aliphatic carbocycles. The van der Waals surface area contributed by atoms with Crippen LogP contribution in [-0.2, 0) is 16.6 Å². The Labute approximate surface area is 122 Å². The summed E-state index contributed by atoms with van der Waals surface area (Å²) in [6.07, 6.45) is 0.952. The quantitative estimate of drug-likeness (QED) is 0.925. The van der Waals surface area contributed by atoms with E-state index in [1.165, 1.54) is 0 Å². The van der Waals surface area contributed by atoms with Crippen molar-refractivity contribution in [3.8, 4) is 0 Å². The Morgan fingerprint density at radius 1 is 1.30 bits per heavy atom. The standard InChI is InChI=1S/C15H24N2O2S/c1-11-5-6-17(10-11)20(18,19)15-8-14(9-16-4)12(2)7-13(15)3/h7-8,11,16H,5-6,9-10H2,1-4H3. The molecule has 1 aliphatic rings. The fraction of sp³-hybridized carbons (Fsp3) is 0.600. The van der Waals surface area contributed by atoms with Gasteiger partial charge < -0.3 is 5.32 Å². The van der Waals surface area contributed by atoms with Gasteiger partial charge in [-0.3, -0.25) is 0 Å². The minimum absolute atomic E-state index is 0.451. The molecule has 0 amide bonds.